The van der Waals surface area contributed by atoms with Crippen molar-refractivity contribution in [2.45, 2.75) is 198 Å². The number of hydrogen-bond donors (Lipinski definition) is 0. The van der Waals surface area contributed by atoms with Crippen LogP contribution in [0.4, 0.5) is 0 Å². The molecular formula is C41H72O9. The Morgan fingerprint density at radius 2 is 1.38 bits per heavy atom. The summed E-state index contributed by atoms with van der Waals surface area (Å²) in [5.74, 6) is -1.91. The van der Waals surface area contributed by atoms with Crippen molar-refractivity contribution in [3.8, 4) is 0 Å². The SMILES string of the molecule is CC[C@H]1OC(=O)[C@H](C)[C@@H](O[C@H]2CC(C)(C)[C@@H](C)[C@H](C)O2)[C@H](C)[C@@H](OC2O[C@H](C)C[C@H](C)[C@H]2C)C(C)(C)C[C@@H](C)[C@@H]2OC(C)(C)O[C@@H](C1=O)[C@H]2C. The predicted molar refractivity (Wildman–Crippen MR) is 193 cm³/mol. The van der Waals surface area contributed by atoms with Gasteiger partial charge in [0.25, 0.3) is 0 Å². The Bertz CT molecular complexity index is 1170. The van der Waals surface area contributed by atoms with Gasteiger partial charge in [0.2, 0.25) is 5.78 Å². The average molecular weight is 709 g/mol. The van der Waals surface area contributed by atoms with Gasteiger partial charge in [0.15, 0.2) is 24.5 Å². The Morgan fingerprint density at radius 3 is 1.98 bits per heavy atom. The molecule has 9 nitrogen and oxygen atoms in total. The van der Waals surface area contributed by atoms with E-state index in [2.05, 4.69) is 76.2 Å². The number of hydrogen-bond acceptors (Lipinski definition) is 9. The van der Waals surface area contributed by atoms with Crippen LogP contribution in [0.1, 0.15) is 136 Å². The fraction of sp³-hybridized carbons (Fsp3) is 0.951. The maximum atomic E-state index is 14.2. The van der Waals surface area contributed by atoms with Crippen LogP contribution >= 0.6 is 0 Å². The molecule has 4 rings (SSSR count). The summed E-state index contributed by atoms with van der Waals surface area (Å²) >= 11 is 0. The van der Waals surface area contributed by atoms with Gasteiger partial charge in [-0.2, -0.15) is 0 Å². The molecule has 0 aromatic heterocycles. The number of rotatable bonds is 5. The van der Waals surface area contributed by atoms with Gasteiger partial charge >= 0.3 is 5.97 Å². The van der Waals surface area contributed by atoms with Crippen LogP contribution in [0.15, 0.2) is 0 Å². The first-order valence-electron chi connectivity index (χ1n) is 19.7. The number of fused-ring (bicyclic) bond motifs is 2. The molecule has 0 aliphatic carbocycles. The molecule has 290 valence electrons. The highest BCUT2D eigenvalue weighted by Gasteiger charge is 2.52. The lowest BCUT2D eigenvalue weighted by molar-refractivity contribution is -0.323. The van der Waals surface area contributed by atoms with Gasteiger partial charge in [-0.05, 0) is 82.5 Å². The van der Waals surface area contributed by atoms with Crippen LogP contribution < -0.4 is 0 Å². The number of carbonyl (C=O) groups excluding carboxylic acids is 2. The van der Waals surface area contributed by atoms with Gasteiger partial charge in [-0.1, -0.05) is 76.2 Å². The van der Waals surface area contributed by atoms with E-state index in [0.29, 0.717) is 24.7 Å². The summed E-state index contributed by atoms with van der Waals surface area (Å²) in [4.78, 5) is 28.4. The number of esters is 1. The zero-order valence-electron chi connectivity index (χ0n) is 34.2. The Morgan fingerprint density at radius 1 is 0.740 bits per heavy atom. The highest BCUT2D eigenvalue weighted by atomic mass is 16.7. The van der Waals surface area contributed by atoms with E-state index in [1.807, 2.05) is 34.6 Å². The number of cyclic esters (lactones) is 1. The van der Waals surface area contributed by atoms with Crippen molar-refractivity contribution in [3.05, 3.63) is 0 Å². The molecule has 50 heavy (non-hydrogen) atoms. The lowest BCUT2D eigenvalue weighted by Gasteiger charge is -2.51. The third kappa shape index (κ3) is 8.98. The fourth-order valence-corrected chi connectivity index (χ4v) is 9.49. The smallest absolute Gasteiger partial charge is 0.312 e. The third-order valence-corrected chi connectivity index (χ3v) is 13.1. The topological polar surface area (TPSA) is 98.8 Å². The second-order valence-electron chi connectivity index (χ2n) is 18.7. The first kappa shape index (κ1) is 41.7. The van der Waals surface area contributed by atoms with E-state index < -0.39 is 54.0 Å². The van der Waals surface area contributed by atoms with Crippen LogP contribution in [0.2, 0.25) is 0 Å². The Hall–Kier alpha value is -1.10. The summed E-state index contributed by atoms with van der Waals surface area (Å²) in [6.45, 7) is 33.7. The molecule has 4 fully saturated rings. The molecule has 0 spiro atoms. The fourth-order valence-electron chi connectivity index (χ4n) is 9.49. The van der Waals surface area contributed by atoms with Crippen LogP contribution in [0.25, 0.3) is 0 Å². The lowest BCUT2D eigenvalue weighted by Crippen LogP contribution is -2.58. The lowest BCUT2D eigenvalue weighted by atomic mass is 9.69. The van der Waals surface area contributed by atoms with E-state index in [4.69, 9.17) is 33.2 Å². The Kier molecular flexibility index (Phi) is 13.1. The van der Waals surface area contributed by atoms with E-state index in [1.54, 1.807) is 0 Å². The number of ketones is 1. The minimum atomic E-state index is -0.981. The average Bonchev–Trinajstić information content (AvgIpc) is 3.01. The molecular weight excluding hydrogens is 636 g/mol. The van der Waals surface area contributed by atoms with Crippen LogP contribution in [-0.2, 0) is 42.7 Å². The molecule has 9 heteroatoms. The molecule has 4 saturated heterocycles. The third-order valence-electron chi connectivity index (χ3n) is 13.1. The maximum Gasteiger partial charge on any atom is 0.312 e. The normalized spacial score (nSPS) is 47.2. The quantitative estimate of drug-likeness (QED) is 0.261. The first-order valence-corrected chi connectivity index (χ1v) is 19.7. The molecule has 0 aromatic carbocycles. The molecule has 1 unspecified atom stereocenters. The minimum Gasteiger partial charge on any atom is -0.454 e. The van der Waals surface area contributed by atoms with E-state index in [-0.39, 0.29) is 59.3 Å². The van der Waals surface area contributed by atoms with E-state index in [9.17, 15) is 9.59 Å². The van der Waals surface area contributed by atoms with Crippen molar-refractivity contribution in [3.63, 3.8) is 0 Å². The zero-order valence-corrected chi connectivity index (χ0v) is 34.2. The number of Topliss-reactive ketones (excluding diaryl/α,β-unsaturated/α-hetero) is 1. The molecule has 0 N–H and O–H groups in total. The van der Waals surface area contributed by atoms with Crippen molar-refractivity contribution < 1.29 is 42.7 Å². The van der Waals surface area contributed by atoms with Crippen molar-refractivity contribution in [2.24, 2.45) is 52.3 Å². The summed E-state index contributed by atoms with van der Waals surface area (Å²) < 4.78 is 46.3. The largest absolute Gasteiger partial charge is 0.454 e. The van der Waals surface area contributed by atoms with Crippen molar-refractivity contribution in [2.75, 3.05) is 0 Å². The van der Waals surface area contributed by atoms with Gasteiger partial charge in [-0.3, -0.25) is 9.59 Å². The standard InChI is InChI=1S/C41H72O9/c1-17-30-32(42)35-25(6)33(49-41(15,16)50-35)22(3)19-40(13,14)36(48-38-24(5)21(2)18-23(4)44-38)26(7)34(27(8)37(43)46-30)47-31-20-39(11,12)28(9)29(10)45-31/h21-31,33-36,38H,17-20H2,1-16H3/t21-,22+,23+,24+,25-,26-,27+,28-,29-,30+,31-,33-,34-,35+,36+,38?/m0/s1. The molecule has 0 saturated carbocycles. The summed E-state index contributed by atoms with van der Waals surface area (Å²) in [5.41, 5.74) is -0.451. The van der Waals surface area contributed by atoms with E-state index in [0.717, 1.165) is 12.8 Å². The molecule has 0 amide bonds. The summed E-state index contributed by atoms with van der Waals surface area (Å²) in [6.07, 6.45) is -1.10. The van der Waals surface area contributed by atoms with Crippen LogP contribution in [0.5, 0.6) is 0 Å². The molecule has 0 aromatic rings. The Balaban J connectivity index is 1.82. The zero-order chi connectivity index (χ0) is 37.7. The molecule has 4 aliphatic heterocycles. The van der Waals surface area contributed by atoms with E-state index >= 15 is 0 Å². The summed E-state index contributed by atoms with van der Waals surface area (Å²) in [6, 6.07) is 0. The second kappa shape index (κ2) is 15.7. The van der Waals surface area contributed by atoms with Crippen LogP contribution in [-0.4, -0.2) is 72.8 Å². The van der Waals surface area contributed by atoms with Crippen molar-refractivity contribution >= 4 is 11.8 Å². The van der Waals surface area contributed by atoms with Crippen LogP contribution in [0, 0.1) is 52.3 Å². The van der Waals surface area contributed by atoms with Crippen molar-refractivity contribution in [1.29, 1.82) is 0 Å². The summed E-state index contributed by atoms with van der Waals surface area (Å²) in [5, 5.41) is 0. The molecule has 16 atom stereocenters. The number of carbonyl (C=O) groups is 2. The van der Waals surface area contributed by atoms with Gasteiger partial charge in [-0.15, -0.1) is 0 Å². The predicted octanol–water partition coefficient (Wildman–Crippen LogP) is 8.35. The molecule has 4 heterocycles. The molecule has 4 aliphatic rings. The van der Waals surface area contributed by atoms with Crippen LogP contribution in [0.3, 0.4) is 0 Å². The van der Waals surface area contributed by atoms with Gasteiger partial charge < -0.3 is 33.2 Å². The monoisotopic (exact) mass is 709 g/mol. The number of ether oxygens (including phenoxy) is 7. The Labute approximate surface area is 303 Å². The minimum absolute atomic E-state index is 0.0173. The maximum absolute atomic E-state index is 14.2. The second-order valence-corrected chi connectivity index (χ2v) is 18.7. The highest BCUT2D eigenvalue weighted by molar-refractivity contribution is 5.90. The molecule has 0 radical (unpaired) electrons. The van der Waals surface area contributed by atoms with Gasteiger partial charge in [0.05, 0.1) is 36.4 Å². The van der Waals surface area contributed by atoms with Gasteiger partial charge in [-0.25, -0.2) is 0 Å². The molecule has 2 bridgehead atoms. The highest BCUT2D eigenvalue weighted by Crippen LogP contribution is 2.47. The van der Waals surface area contributed by atoms with Gasteiger partial charge in [0.1, 0.15) is 6.10 Å². The first-order chi connectivity index (χ1) is 23.0. The summed E-state index contributed by atoms with van der Waals surface area (Å²) in [7, 11) is 0. The van der Waals surface area contributed by atoms with Gasteiger partial charge in [0, 0.05) is 24.2 Å². The van der Waals surface area contributed by atoms with E-state index in [1.165, 1.54) is 0 Å². The van der Waals surface area contributed by atoms with Crippen molar-refractivity contribution in [1.82, 2.24) is 0 Å².